The molecule has 0 spiro atoms. The van der Waals surface area contributed by atoms with Crippen LogP contribution in [0.3, 0.4) is 0 Å². The van der Waals surface area contributed by atoms with E-state index in [1.165, 1.54) is 44.9 Å². The molecule has 0 nitrogen and oxygen atoms in total. The zero-order valence-electron chi connectivity index (χ0n) is 9.68. The topological polar surface area (TPSA) is 0 Å². The summed E-state index contributed by atoms with van der Waals surface area (Å²) >= 11 is 0. The summed E-state index contributed by atoms with van der Waals surface area (Å²) < 4.78 is 0. The number of allylic oxidation sites excluding steroid dienone is 2. The third-order valence-electron chi connectivity index (χ3n) is 2.57. The number of unbranched alkanes of at least 4 members (excludes halogenated alkanes) is 3. The Kier molecular flexibility index (Phi) is 9.63. The molecule has 0 amide bonds. The molecule has 0 aromatic rings. The van der Waals surface area contributed by atoms with Crippen LogP contribution in [-0.4, -0.2) is 0 Å². The second-order valence-corrected chi connectivity index (χ2v) is 3.88. The molecule has 0 aliphatic rings. The van der Waals surface area contributed by atoms with E-state index in [1.54, 1.807) is 0 Å². The maximum Gasteiger partial charge on any atom is -0.0236 e. The molecule has 78 valence electrons. The molecular weight excluding hydrogens is 156 g/mol. The van der Waals surface area contributed by atoms with Gasteiger partial charge in [-0.3, -0.25) is 0 Å². The molecule has 0 aromatic heterocycles. The van der Waals surface area contributed by atoms with E-state index in [9.17, 15) is 0 Å². The fourth-order valence-corrected chi connectivity index (χ4v) is 1.55. The molecule has 0 saturated carbocycles. The van der Waals surface area contributed by atoms with Crippen LogP contribution in [0.5, 0.6) is 0 Å². The molecule has 0 heteroatoms. The van der Waals surface area contributed by atoms with Crippen molar-refractivity contribution < 1.29 is 0 Å². The molecule has 0 aliphatic carbocycles. The van der Waals surface area contributed by atoms with Crippen molar-refractivity contribution in [2.45, 2.75) is 65.7 Å². The Hall–Kier alpha value is -0.260. The zero-order chi connectivity index (χ0) is 9.94. The van der Waals surface area contributed by atoms with Crippen LogP contribution in [0, 0.1) is 5.92 Å². The summed E-state index contributed by atoms with van der Waals surface area (Å²) in [6, 6.07) is 0. The molecule has 0 aliphatic heterocycles. The van der Waals surface area contributed by atoms with E-state index in [1.807, 2.05) is 0 Å². The highest BCUT2D eigenvalue weighted by molar-refractivity contribution is 4.87. The molecule has 0 aromatic carbocycles. The van der Waals surface area contributed by atoms with Gasteiger partial charge < -0.3 is 0 Å². The minimum absolute atomic E-state index is 0.845. The number of rotatable bonds is 8. The van der Waals surface area contributed by atoms with Gasteiger partial charge >= 0.3 is 0 Å². The maximum atomic E-state index is 2.43. The molecule has 0 rings (SSSR count). The van der Waals surface area contributed by atoms with E-state index < -0.39 is 0 Å². The number of hydrogen-bond donors (Lipinski definition) is 0. The predicted molar refractivity (Wildman–Crippen MR) is 62.0 cm³/mol. The van der Waals surface area contributed by atoms with E-state index in [0.717, 1.165) is 5.92 Å². The van der Waals surface area contributed by atoms with Crippen LogP contribution < -0.4 is 0 Å². The fourth-order valence-electron chi connectivity index (χ4n) is 1.55. The van der Waals surface area contributed by atoms with Gasteiger partial charge in [0, 0.05) is 0 Å². The van der Waals surface area contributed by atoms with Gasteiger partial charge in [0.15, 0.2) is 0 Å². The van der Waals surface area contributed by atoms with Crippen LogP contribution in [0.4, 0.5) is 0 Å². The molecule has 13 heavy (non-hydrogen) atoms. The summed E-state index contributed by atoms with van der Waals surface area (Å²) in [5.74, 6) is 0.845. The van der Waals surface area contributed by atoms with Gasteiger partial charge in [0.2, 0.25) is 0 Å². The third kappa shape index (κ3) is 8.08. The summed E-state index contributed by atoms with van der Waals surface area (Å²) in [6.07, 6.45) is 14.2. The van der Waals surface area contributed by atoms with Gasteiger partial charge in [-0.1, -0.05) is 58.6 Å². The Morgan fingerprint density at radius 3 is 2.31 bits per heavy atom. The summed E-state index contributed by atoms with van der Waals surface area (Å²) in [7, 11) is 0. The van der Waals surface area contributed by atoms with Crippen LogP contribution in [0.15, 0.2) is 12.2 Å². The van der Waals surface area contributed by atoms with E-state index >= 15 is 0 Å². The second-order valence-electron chi connectivity index (χ2n) is 3.88. The maximum absolute atomic E-state index is 2.43. The van der Waals surface area contributed by atoms with Crippen molar-refractivity contribution in [1.29, 1.82) is 0 Å². The molecule has 0 bridgehead atoms. The summed E-state index contributed by atoms with van der Waals surface area (Å²) in [6.45, 7) is 6.81. The summed E-state index contributed by atoms with van der Waals surface area (Å²) in [4.78, 5) is 0. The zero-order valence-corrected chi connectivity index (χ0v) is 9.68. The minimum Gasteiger partial charge on any atom is -0.0883 e. The predicted octanol–water partition coefficient (Wildman–Crippen LogP) is 4.95. The van der Waals surface area contributed by atoms with Gasteiger partial charge in [0.05, 0.1) is 0 Å². The smallest absolute Gasteiger partial charge is 0.0236 e. The van der Waals surface area contributed by atoms with Crippen molar-refractivity contribution in [3.05, 3.63) is 12.2 Å². The highest BCUT2D eigenvalue weighted by Crippen LogP contribution is 2.15. The van der Waals surface area contributed by atoms with Crippen molar-refractivity contribution in [2.75, 3.05) is 0 Å². The van der Waals surface area contributed by atoms with Crippen molar-refractivity contribution in [1.82, 2.24) is 0 Å². The van der Waals surface area contributed by atoms with Gasteiger partial charge in [-0.15, -0.1) is 0 Å². The second kappa shape index (κ2) is 9.83. The van der Waals surface area contributed by atoms with Crippen molar-refractivity contribution >= 4 is 0 Å². The summed E-state index contributed by atoms with van der Waals surface area (Å²) in [5, 5.41) is 0. The van der Waals surface area contributed by atoms with Crippen molar-refractivity contribution in [3.8, 4) is 0 Å². The first-order chi connectivity index (χ1) is 6.35. The van der Waals surface area contributed by atoms with E-state index in [-0.39, 0.29) is 0 Å². The average molecular weight is 182 g/mol. The lowest BCUT2D eigenvalue weighted by atomic mass is 9.98. The lowest BCUT2D eigenvalue weighted by Crippen LogP contribution is -1.93. The van der Waals surface area contributed by atoms with Crippen LogP contribution in [-0.2, 0) is 0 Å². The lowest BCUT2D eigenvalue weighted by molar-refractivity contribution is 0.525. The molecular formula is C13H26. The molecule has 0 heterocycles. The van der Waals surface area contributed by atoms with Crippen molar-refractivity contribution in [2.24, 2.45) is 5.92 Å². The van der Waals surface area contributed by atoms with Crippen LogP contribution >= 0.6 is 0 Å². The average Bonchev–Trinajstić information content (AvgIpc) is 2.16. The van der Waals surface area contributed by atoms with Gasteiger partial charge in [0.25, 0.3) is 0 Å². The molecule has 0 fully saturated rings. The van der Waals surface area contributed by atoms with Gasteiger partial charge in [-0.25, -0.2) is 0 Å². The normalized spacial score (nSPS) is 13.8. The van der Waals surface area contributed by atoms with E-state index in [0.29, 0.717) is 0 Å². The molecule has 1 unspecified atom stereocenters. The molecule has 0 radical (unpaired) electrons. The first-order valence-corrected chi connectivity index (χ1v) is 6.01. The van der Waals surface area contributed by atoms with Gasteiger partial charge in [-0.05, 0) is 25.2 Å². The molecule has 1 atom stereocenters. The number of hydrogen-bond acceptors (Lipinski definition) is 0. The molecule has 0 saturated heterocycles. The van der Waals surface area contributed by atoms with Crippen molar-refractivity contribution in [3.63, 3.8) is 0 Å². The van der Waals surface area contributed by atoms with Crippen LogP contribution in [0.1, 0.15) is 65.7 Å². The Morgan fingerprint density at radius 1 is 1.00 bits per heavy atom. The first kappa shape index (κ1) is 12.7. The van der Waals surface area contributed by atoms with Gasteiger partial charge in [-0.2, -0.15) is 0 Å². The van der Waals surface area contributed by atoms with Crippen LogP contribution in [0.25, 0.3) is 0 Å². The highest BCUT2D eigenvalue weighted by atomic mass is 14.1. The Balaban J connectivity index is 3.50. The largest absolute Gasteiger partial charge is 0.0883 e. The Bertz CT molecular complexity index is 113. The first-order valence-electron chi connectivity index (χ1n) is 6.01. The quantitative estimate of drug-likeness (QED) is 0.368. The third-order valence-corrected chi connectivity index (χ3v) is 2.57. The SMILES string of the molecule is CCCC=CC(CC)CCCCC. The van der Waals surface area contributed by atoms with Gasteiger partial charge in [0.1, 0.15) is 0 Å². The van der Waals surface area contributed by atoms with E-state index in [2.05, 4.69) is 32.9 Å². The summed E-state index contributed by atoms with van der Waals surface area (Å²) in [5.41, 5.74) is 0. The fraction of sp³-hybridized carbons (Fsp3) is 0.846. The monoisotopic (exact) mass is 182 g/mol. The van der Waals surface area contributed by atoms with Crippen LogP contribution in [0.2, 0.25) is 0 Å². The van der Waals surface area contributed by atoms with E-state index in [4.69, 9.17) is 0 Å². The molecule has 0 N–H and O–H groups in total. The standard InChI is InChI=1S/C13H26/c1-4-7-9-11-13(6-3)12-10-8-5-2/h9,11,13H,4-8,10,12H2,1-3H3. The minimum atomic E-state index is 0.845. The Labute approximate surface area is 84.4 Å². The highest BCUT2D eigenvalue weighted by Gasteiger charge is 1.99. The lowest BCUT2D eigenvalue weighted by Gasteiger charge is -2.08. The Morgan fingerprint density at radius 2 is 1.77 bits per heavy atom.